The van der Waals surface area contributed by atoms with Crippen LogP contribution in [0.2, 0.25) is 0 Å². The lowest BCUT2D eigenvalue weighted by Crippen LogP contribution is -2.14. The van der Waals surface area contributed by atoms with Gasteiger partial charge in [-0.15, -0.1) is 5.10 Å². The number of nitrogens with zero attached hydrogens (tertiary/aromatic N) is 3. The van der Waals surface area contributed by atoms with Crippen LogP contribution in [0.15, 0.2) is 22.7 Å². The van der Waals surface area contributed by atoms with E-state index in [1.165, 1.54) is 16.8 Å². The molecule has 3 N–H and O–H groups in total. The van der Waals surface area contributed by atoms with Crippen LogP contribution in [0.5, 0.6) is 0 Å². The highest BCUT2D eigenvalue weighted by molar-refractivity contribution is 9.10. The second-order valence-corrected chi connectivity index (χ2v) is 5.08. The highest BCUT2D eigenvalue weighted by Crippen LogP contribution is 2.17. The van der Waals surface area contributed by atoms with Crippen molar-refractivity contribution in [3.05, 3.63) is 45.4 Å². The van der Waals surface area contributed by atoms with Gasteiger partial charge >= 0.3 is 5.97 Å². The molecule has 1 aromatic carbocycles. The number of halogens is 2. The Hall–Kier alpha value is -1.80. The summed E-state index contributed by atoms with van der Waals surface area (Å²) in [6.07, 6.45) is 0.338. The Balaban J connectivity index is 2.35. The third-order valence-corrected chi connectivity index (χ3v) is 3.13. The SMILES string of the molecule is NCCc1c(C(=O)O)nnn1Cc1cc(F)cc(Br)c1. The van der Waals surface area contributed by atoms with Gasteiger partial charge < -0.3 is 10.8 Å². The molecule has 6 nitrogen and oxygen atoms in total. The fourth-order valence-electron chi connectivity index (χ4n) is 1.89. The van der Waals surface area contributed by atoms with Crippen LogP contribution < -0.4 is 5.73 Å². The van der Waals surface area contributed by atoms with E-state index in [1.54, 1.807) is 6.07 Å². The zero-order valence-corrected chi connectivity index (χ0v) is 12.0. The standard InChI is InChI=1S/C12H12BrFN4O2/c13-8-3-7(4-9(14)5-8)6-18-10(1-2-15)11(12(19)20)16-17-18/h3-5H,1-2,6,15H2,(H,19,20). The maximum absolute atomic E-state index is 13.3. The summed E-state index contributed by atoms with van der Waals surface area (Å²) in [5, 5.41) is 16.5. The Morgan fingerprint density at radius 2 is 2.20 bits per heavy atom. The molecule has 1 heterocycles. The van der Waals surface area contributed by atoms with Gasteiger partial charge in [0.15, 0.2) is 5.69 Å². The number of nitrogens with two attached hydrogens (primary N) is 1. The van der Waals surface area contributed by atoms with Crippen LogP contribution >= 0.6 is 15.9 Å². The fraction of sp³-hybridized carbons (Fsp3) is 0.250. The van der Waals surface area contributed by atoms with Crippen molar-refractivity contribution in [3.63, 3.8) is 0 Å². The summed E-state index contributed by atoms with van der Waals surface area (Å²) < 4.78 is 15.4. The minimum atomic E-state index is -1.15. The van der Waals surface area contributed by atoms with E-state index in [0.29, 0.717) is 22.2 Å². The van der Waals surface area contributed by atoms with Crippen LogP contribution in [0.3, 0.4) is 0 Å². The highest BCUT2D eigenvalue weighted by Gasteiger charge is 2.18. The van der Waals surface area contributed by atoms with Gasteiger partial charge in [0, 0.05) is 10.9 Å². The van der Waals surface area contributed by atoms with E-state index in [-0.39, 0.29) is 24.6 Å². The molecule has 20 heavy (non-hydrogen) atoms. The number of hydrogen-bond donors (Lipinski definition) is 2. The summed E-state index contributed by atoms with van der Waals surface area (Å²) >= 11 is 3.20. The van der Waals surface area contributed by atoms with Gasteiger partial charge in [0.25, 0.3) is 0 Å². The molecule has 2 aromatic rings. The molecule has 0 atom stereocenters. The number of carbonyl (C=O) groups is 1. The fourth-order valence-corrected chi connectivity index (χ4v) is 2.40. The smallest absolute Gasteiger partial charge is 0.358 e. The van der Waals surface area contributed by atoms with Gasteiger partial charge in [-0.05, 0) is 30.3 Å². The molecule has 0 aliphatic carbocycles. The van der Waals surface area contributed by atoms with E-state index in [2.05, 4.69) is 26.2 Å². The van der Waals surface area contributed by atoms with Crippen LogP contribution in [0.1, 0.15) is 21.7 Å². The molecule has 8 heteroatoms. The maximum atomic E-state index is 13.3. The molecule has 0 aliphatic rings. The Morgan fingerprint density at radius 1 is 1.45 bits per heavy atom. The first-order valence-corrected chi connectivity index (χ1v) is 6.61. The van der Waals surface area contributed by atoms with E-state index in [4.69, 9.17) is 10.8 Å². The second kappa shape index (κ2) is 6.10. The molecule has 0 fully saturated rings. The van der Waals surface area contributed by atoms with Crippen LogP contribution in [0, 0.1) is 5.82 Å². The van der Waals surface area contributed by atoms with E-state index < -0.39 is 5.97 Å². The van der Waals surface area contributed by atoms with E-state index >= 15 is 0 Å². The number of carboxylic acids is 1. The number of aromatic carboxylic acids is 1. The lowest BCUT2D eigenvalue weighted by Gasteiger charge is -2.07. The predicted octanol–water partition coefficient (Wildman–Crippen LogP) is 1.43. The molecule has 0 saturated carbocycles. The van der Waals surface area contributed by atoms with Crippen molar-refractivity contribution in [2.45, 2.75) is 13.0 Å². The molecule has 2 rings (SSSR count). The number of aromatic nitrogens is 3. The van der Waals surface area contributed by atoms with Gasteiger partial charge in [0.2, 0.25) is 0 Å². The van der Waals surface area contributed by atoms with Crippen LogP contribution in [0.4, 0.5) is 4.39 Å². The lowest BCUT2D eigenvalue weighted by atomic mass is 10.2. The van der Waals surface area contributed by atoms with E-state index in [9.17, 15) is 9.18 Å². The number of hydrogen-bond acceptors (Lipinski definition) is 4. The average molecular weight is 343 g/mol. The minimum absolute atomic E-state index is 0.120. The zero-order valence-electron chi connectivity index (χ0n) is 10.4. The summed E-state index contributed by atoms with van der Waals surface area (Å²) in [5.74, 6) is -1.53. The van der Waals surface area contributed by atoms with Crippen LogP contribution in [-0.4, -0.2) is 32.6 Å². The van der Waals surface area contributed by atoms with Gasteiger partial charge in [-0.3, -0.25) is 0 Å². The summed E-state index contributed by atoms with van der Waals surface area (Å²) in [4.78, 5) is 11.0. The zero-order chi connectivity index (χ0) is 14.7. The molecule has 0 saturated heterocycles. The molecule has 0 amide bonds. The van der Waals surface area contributed by atoms with Gasteiger partial charge in [0.1, 0.15) is 5.82 Å². The molecule has 0 radical (unpaired) electrons. The van der Waals surface area contributed by atoms with Gasteiger partial charge in [-0.1, -0.05) is 21.1 Å². The van der Waals surface area contributed by atoms with Crippen molar-refractivity contribution in [2.75, 3.05) is 6.54 Å². The highest BCUT2D eigenvalue weighted by atomic mass is 79.9. The Bertz CT molecular complexity index is 624. The summed E-state index contributed by atoms with van der Waals surface area (Å²) in [6.45, 7) is 0.506. The molecule has 106 valence electrons. The first-order chi connectivity index (χ1) is 9.51. The van der Waals surface area contributed by atoms with Crippen molar-refractivity contribution in [1.29, 1.82) is 0 Å². The molecule has 0 aliphatic heterocycles. The molecular weight excluding hydrogens is 331 g/mol. The molecule has 0 spiro atoms. The first-order valence-electron chi connectivity index (χ1n) is 5.82. The molecule has 1 aromatic heterocycles. The predicted molar refractivity (Wildman–Crippen MR) is 72.9 cm³/mol. The molecule has 0 bridgehead atoms. The summed E-state index contributed by atoms with van der Waals surface area (Å²) in [7, 11) is 0. The van der Waals surface area contributed by atoms with Gasteiger partial charge in [-0.25, -0.2) is 13.9 Å². The van der Waals surface area contributed by atoms with E-state index in [0.717, 1.165) is 0 Å². The summed E-state index contributed by atoms with van der Waals surface area (Å²) in [6, 6.07) is 4.44. The first kappa shape index (κ1) is 14.6. The quantitative estimate of drug-likeness (QED) is 0.857. The largest absolute Gasteiger partial charge is 0.476 e. The Kier molecular flexibility index (Phi) is 4.46. The van der Waals surface area contributed by atoms with Crippen molar-refractivity contribution >= 4 is 21.9 Å². The van der Waals surface area contributed by atoms with Crippen LogP contribution in [-0.2, 0) is 13.0 Å². The monoisotopic (exact) mass is 342 g/mol. The lowest BCUT2D eigenvalue weighted by molar-refractivity contribution is 0.0689. The normalized spacial score (nSPS) is 10.8. The topological polar surface area (TPSA) is 94.0 Å². The second-order valence-electron chi connectivity index (χ2n) is 4.16. The van der Waals surface area contributed by atoms with Gasteiger partial charge in [0.05, 0.1) is 12.2 Å². The van der Waals surface area contributed by atoms with Gasteiger partial charge in [-0.2, -0.15) is 0 Å². The van der Waals surface area contributed by atoms with Crippen molar-refractivity contribution in [3.8, 4) is 0 Å². The third kappa shape index (κ3) is 3.20. The van der Waals surface area contributed by atoms with E-state index in [1.807, 2.05) is 0 Å². The maximum Gasteiger partial charge on any atom is 0.358 e. The number of rotatable bonds is 5. The Labute approximate surface area is 122 Å². The number of carboxylic acid groups (broad SMARTS) is 1. The van der Waals surface area contributed by atoms with Crippen molar-refractivity contribution in [2.24, 2.45) is 5.73 Å². The average Bonchev–Trinajstić information content (AvgIpc) is 2.72. The summed E-state index contributed by atoms with van der Waals surface area (Å²) in [5.41, 5.74) is 6.43. The minimum Gasteiger partial charge on any atom is -0.476 e. The van der Waals surface area contributed by atoms with Crippen molar-refractivity contribution in [1.82, 2.24) is 15.0 Å². The van der Waals surface area contributed by atoms with Crippen LogP contribution in [0.25, 0.3) is 0 Å². The molecule has 0 unspecified atom stereocenters. The number of benzene rings is 1. The van der Waals surface area contributed by atoms with Crippen molar-refractivity contribution < 1.29 is 14.3 Å². The third-order valence-electron chi connectivity index (χ3n) is 2.68. The molecular formula is C12H12BrFN4O2. The Morgan fingerprint density at radius 3 is 2.80 bits per heavy atom.